The summed E-state index contributed by atoms with van der Waals surface area (Å²) in [5, 5.41) is 2.66. The van der Waals surface area contributed by atoms with E-state index in [0.29, 0.717) is 6.54 Å². The number of carbonyl (C=O) groups is 1. The Morgan fingerprint density at radius 3 is 2.83 bits per heavy atom. The van der Waals surface area contributed by atoms with Crippen LogP contribution in [-0.4, -0.2) is 45.2 Å². The van der Waals surface area contributed by atoms with Gasteiger partial charge in [-0.2, -0.15) is 0 Å². The predicted molar refractivity (Wildman–Crippen MR) is 99.8 cm³/mol. The Kier molecular flexibility index (Phi) is 5.13. The zero-order valence-corrected chi connectivity index (χ0v) is 15.5. The summed E-state index contributed by atoms with van der Waals surface area (Å²) in [5.41, 5.74) is 0.857. The largest absolute Gasteiger partial charge is 0.497 e. The molecule has 7 heteroatoms. The van der Waals surface area contributed by atoms with Crippen molar-refractivity contribution in [1.29, 1.82) is 0 Å². The van der Waals surface area contributed by atoms with E-state index in [0.717, 1.165) is 32.5 Å². The van der Waals surface area contributed by atoms with Crippen molar-refractivity contribution in [3.63, 3.8) is 0 Å². The molecule has 0 radical (unpaired) electrons. The lowest BCUT2D eigenvalue weighted by Crippen LogP contribution is -3.06. The second-order valence-corrected chi connectivity index (χ2v) is 7.68. The van der Waals surface area contributed by atoms with Crippen LogP contribution in [0.5, 0.6) is 5.75 Å². The normalized spacial score (nSPS) is 11.2. The number of thiophene rings is 1. The van der Waals surface area contributed by atoms with Gasteiger partial charge in [-0.05, 0) is 23.6 Å². The van der Waals surface area contributed by atoms with Crippen LogP contribution in [0, 0.1) is 0 Å². The van der Waals surface area contributed by atoms with Gasteiger partial charge in [-0.1, -0.05) is 17.4 Å². The van der Waals surface area contributed by atoms with Gasteiger partial charge in [-0.25, -0.2) is 4.98 Å². The minimum atomic E-state index is 0.0114. The number of fused-ring (bicyclic) bond motifs is 1. The molecule has 1 aromatic carbocycles. The number of nitrogens with zero attached hydrogens (tertiary/aromatic N) is 2. The summed E-state index contributed by atoms with van der Waals surface area (Å²) in [6, 6.07) is 9.57. The van der Waals surface area contributed by atoms with Gasteiger partial charge in [0.15, 0.2) is 5.13 Å². The third-order valence-electron chi connectivity index (χ3n) is 3.63. The summed E-state index contributed by atoms with van der Waals surface area (Å²) in [4.78, 5) is 21.4. The summed E-state index contributed by atoms with van der Waals surface area (Å²) < 4.78 is 6.31. The Labute approximate surface area is 149 Å². The molecule has 1 N–H and O–H groups in total. The number of likely N-dealkylation sites (N-methyl/N-ethyl adjacent to an activating group) is 1. The number of thiazole rings is 1. The first-order chi connectivity index (χ1) is 11.6. The molecular weight excluding hydrogens is 342 g/mol. The summed E-state index contributed by atoms with van der Waals surface area (Å²) >= 11 is 3.00. The second-order valence-electron chi connectivity index (χ2n) is 5.72. The van der Waals surface area contributed by atoms with Crippen molar-refractivity contribution in [2.75, 3.05) is 39.2 Å². The second kappa shape index (κ2) is 7.29. The number of rotatable bonds is 6. The molecule has 24 heavy (non-hydrogen) atoms. The Hall–Kier alpha value is -1.96. The maximum Gasteiger partial charge on any atom is 0.270 e. The van der Waals surface area contributed by atoms with Crippen LogP contribution in [-0.2, 0) is 0 Å². The van der Waals surface area contributed by atoms with Crippen LogP contribution in [0.25, 0.3) is 10.2 Å². The highest BCUT2D eigenvalue weighted by Gasteiger charge is 2.22. The number of hydrogen-bond acceptors (Lipinski definition) is 5. The number of methoxy groups -OCH3 is 1. The molecule has 126 valence electrons. The number of nitrogens with one attached hydrogen (secondary N) is 1. The van der Waals surface area contributed by atoms with Crippen molar-refractivity contribution in [2.24, 2.45) is 0 Å². The van der Waals surface area contributed by atoms with Gasteiger partial charge in [-0.3, -0.25) is 9.69 Å². The van der Waals surface area contributed by atoms with Crippen molar-refractivity contribution in [3.05, 3.63) is 40.6 Å². The summed E-state index contributed by atoms with van der Waals surface area (Å²) in [6.07, 6.45) is 0. The molecule has 0 aliphatic heterocycles. The third kappa shape index (κ3) is 3.58. The first-order valence-electron chi connectivity index (χ1n) is 7.67. The third-order valence-corrected chi connectivity index (χ3v) is 5.54. The lowest BCUT2D eigenvalue weighted by molar-refractivity contribution is -0.856. The molecule has 0 spiro atoms. The molecule has 2 heterocycles. The Balaban J connectivity index is 1.96. The van der Waals surface area contributed by atoms with Gasteiger partial charge in [0.05, 0.1) is 49.4 Å². The summed E-state index contributed by atoms with van der Waals surface area (Å²) in [6.45, 7) is 1.49. The smallest absolute Gasteiger partial charge is 0.270 e. The summed E-state index contributed by atoms with van der Waals surface area (Å²) in [7, 11) is 5.80. The van der Waals surface area contributed by atoms with E-state index in [-0.39, 0.29) is 5.91 Å². The molecule has 0 saturated carbocycles. The number of ether oxygens (including phenoxy) is 1. The fourth-order valence-electron chi connectivity index (χ4n) is 2.29. The van der Waals surface area contributed by atoms with Gasteiger partial charge in [0.2, 0.25) is 0 Å². The van der Waals surface area contributed by atoms with Crippen LogP contribution in [0.4, 0.5) is 5.13 Å². The van der Waals surface area contributed by atoms with E-state index in [4.69, 9.17) is 4.74 Å². The van der Waals surface area contributed by atoms with Gasteiger partial charge >= 0.3 is 0 Å². The number of benzene rings is 1. The molecule has 0 fully saturated rings. The highest BCUT2D eigenvalue weighted by atomic mass is 32.1. The number of anilines is 1. The molecule has 0 unspecified atom stereocenters. The van der Waals surface area contributed by atoms with Gasteiger partial charge in [0.1, 0.15) is 5.75 Å². The van der Waals surface area contributed by atoms with E-state index < -0.39 is 0 Å². The molecule has 3 aromatic rings. The van der Waals surface area contributed by atoms with Crippen LogP contribution in [0.1, 0.15) is 9.67 Å². The fraction of sp³-hybridized carbons (Fsp3) is 0.294. The monoisotopic (exact) mass is 362 g/mol. The van der Waals surface area contributed by atoms with Crippen molar-refractivity contribution in [2.45, 2.75) is 0 Å². The Bertz CT molecular complexity index is 828. The van der Waals surface area contributed by atoms with Crippen molar-refractivity contribution >= 4 is 43.9 Å². The number of quaternary nitrogens is 1. The number of hydrogen-bond donors (Lipinski definition) is 1. The van der Waals surface area contributed by atoms with Crippen LogP contribution in [0.3, 0.4) is 0 Å². The SMILES string of the molecule is COc1ccc2sc(N(CC[NH+](C)C)C(=O)c3cccs3)nc2c1. The zero-order valence-electron chi connectivity index (χ0n) is 13.9. The van der Waals surface area contributed by atoms with Crippen LogP contribution >= 0.6 is 22.7 Å². The molecular formula is C17H20N3O2S2+. The van der Waals surface area contributed by atoms with Gasteiger partial charge < -0.3 is 9.64 Å². The van der Waals surface area contributed by atoms with Crippen LogP contribution in [0.15, 0.2) is 35.7 Å². The molecule has 0 bridgehead atoms. The van der Waals surface area contributed by atoms with E-state index in [2.05, 4.69) is 19.1 Å². The molecule has 0 aliphatic rings. The fourth-order valence-corrected chi connectivity index (χ4v) is 3.93. The first kappa shape index (κ1) is 16.9. The van der Waals surface area contributed by atoms with E-state index in [9.17, 15) is 4.79 Å². The molecule has 3 rings (SSSR count). The molecule has 5 nitrogen and oxygen atoms in total. The van der Waals surface area contributed by atoms with E-state index in [1.807, 2.05) is 35.7 Å². The van der Waals surface area contributed by atoms with Crippen molar-refractivity contribution in [3.8, 4) is 5.75 Å². The molecule has 2 aromatic heterocycles. The van der Waals surface area contributed by atoms with Gasteiger partial charge in [0, 0.05) is 6.07 Å². The number of aromatic nitrogens is 1. The van der Waals surface area contributed by atoms with Crippen LogP contribution in [0.2, 0.25) is 0 Å². The average Bonchev–Trinajstić information content (AvgIpc) is 3.23. The average molecular weight is 362 g/mol. The number of carbonyl (C=O) groups excluding carboxylic acids is 1. The quantitative estimate of drug-likeness (QED) is 0.731. The maximum absolute atomic E-state index is 12.9. The van der Waals surface area contributed by atoms with E-state index >= 15 is 0 Å². The zero-order chi connectivity index (χ0) is 17.1. The van der Waals surface area contributed by atoms with E-state index in [1.54, 1.807) is 12.0 Å². The Morgan fingerprint density at radius 1 is 1.33 bits per heavy atom. The molecule has 0 saturated heterocycles. The minimum Gasteiger partial charge on any atom is -0.497 e. The molecule has 0 atom stereocenters. The first-order valence-corrected chi connectivity index (χ1v) is 9.37. The number of amides is 1. The van der Waals surface area contributed by atoms with Crippen LogP contribution < -0.4 is 14.5 Å². The topological polar surface area (TPSA) is 46.9 Å². The standard InChI is InChI=1S/C17H19N3O2S2/c1-19(2)8-9-20(16(21)15-5-4-10-23-15)17-18-13-11-12(22-3)6-7-14(13)24-17/h4-7,10-11H,8-9H2,1-3H3/p+1. The highest BCUT2D eigenvalue weighted by Crippen LogP contribution is 2.32. The van der Waals surface area contributed by atoms with Gasteiger partial charge in [-0.15, -0.1) is 11.3 Å². The van der Waals surface area contributed by atoms with Crippen molar-refractivity contribution < 1.29 is 14.4 Å². The lowest BCUT2D eigenvalue weighted by atomic mass is 10.3. The van der Waals surface area contributed by atoms with Crippen molar-refractivity contribution in [1.82, 2.24) is 4.98 Å². The highest BCUT2D eigenvalue weighted by molar-refractivity contribution is 7.22. The maximum atomic E-state index is 12.9. The Morgan fingerprint density at radius 2 is 2.17 bits per heavy atom. The summed E-state index contributed by atoms with van der Waals surface area (Å²) in [5.74, 6) is 0.783. The van der Waals surface area contributed by atoms with E-state index in [1.165, 1.54) is 27.6 Å². The molecule has 1 amide bonds. The minimum absolute atomic E-state index is 0.0114. The van der Waals surface area contributed by atoms with Gasteiger partial charge in [0.25, 0.3) is 5.91 Å². The molecule has 0 aliphatic carbocycles. The lowest BCUT2D eigenvalue weighted by Gasteiger charge is -2.19. The predicted octanol–water partition coefficient (Wildman–Crippen LogP) is 2.16.